The fourth-order valence-corrected chi connectivity index (χ4v) is 3.48. The predicted octanol–water partition coefficient (Wildman–Crippen LogP) is 2.03. The van der Waals surface area contributed by atoms with Crippen molar-refractivity contribution in [2.45, 2.75) is 25.9 Å². The van der Waals surface area contributed by atoms with Crippen LogP contribution in [-0.4, -0.2) is 40.9 Å². The van der Waals surface area contributed by atoms with Gasteiger partial charge in [-0.2, -0.15) is 0 Å². The fraction of sp³-hybridized carbons (Fsp3) is 0.286. The molecule has 1 saturated heterocycles. The van der Waals surface area contributed by atoms with Crippen LogP contribution < -0.4 is 21.5 Å². The average molecular weight is 392 g/mol. The number of carbonyl (C=O) groups is 2. The van der Waals surface area contributed by atoms with Gasteiger partial charge in [-0.1, -0.05) is 19.1 Å². The van der Waals surface area contributed by atoms with E-state index in [0.717, 1.165) is 22.3 Å². The second-order valence-corrected chi connectivity index (χ2v) is 7.40. The molecule has 2 aromatic heterocycles. The third-order valence-electron chi connectivity index (χ3n) is 5.49. The van der Waals surface area contributed by atoms with Gasteiger partial charge in [-0.25, -0.2) is 10.4 Å². The zero-order chi connectivity index (χ0) is 20.5. The summed E-state index contributed by atoms with van der Waals surface area (Å²) in [5, 5.41) is 6.44. The van der Waals surface area contributed by atoms with Crippen molar-refractivity contribution < 1.29 is 9.59 Å². The van der Waals surface area contributed by atoms with Crippen molar-refractivity contribution in [1.29, 1.82) is 0 Å². The lowest BCUT2D eigenvalue weighted by Gasteiger charge is -2.15. The van der Waals surface area contributed by atoms with Gasteiger partial charge in [-0.05, 0) is 42.7 Å². The maximum atomic E-state index is 12.6. The first-order valence-electron chi connectivity index (χ1n) is 9.59. The summed E-state index contributed by atoms with van der Waals surface area (Å²) in [6.45, 7) is 4.08. The highest BCUT2D eigenvalue weighted by Gasteiger charge is 2.34. The Morgan fingerprint density at radius 3 is 2.48 bits per heavy atom. The van der Waals surface area contributed by atoms with Crippen LogP contribution in [0.4, 0.5) is 5.69 Å². The molecule has 3 unspecified atom stereocenters. The lowest BCUT2D eigenvalue weighted by atomic mass is 9.97. The number of hydrogen-bond acceptors (Lipinski definition) is 5. The number of aromatic nitrogens is 2. The van der Waals surface area contributed by atoms with Gasteiger partial charge in [0.1, 0.15) is 11.7 Å². The number of amides is 2. The van der Waals surface area contributed by atoms with Crippen LogP contribution in [0.2, 0.25) is 0 Å². The maximum Gasteiger partial charge on any atom is 0.251 e. The Labute approximate surface area is 168 Å². The van der Waals surface area contributed by atoms with Gasteiger partial charge in [0.05, 0.1) is 11.9 Å². The Kier molecular flexibility index (Phi) is 5.04. The van der Waals surface area contributed by atoms with E-state index in [-0.39, 0.29) is 29.8 Å². The van der Waals surface area contributed by atoms with E-state index in [2.05, 4.69) is 31.5 Å². The monoisotopic (exact) mass is 392 g/mol. The van der Waals surface area contributed by atoms with Crippen molar-refractivity contribution >= 4 is 28.5 Å². The molecule has 150 valence electrons. The molecule has 0 bridgehead atoms. The van der Waals surface area contributed by atoms with E-state index >= 15 is 0 Å². The normalized spacial score (nSPS) is 21.3. The van der Waals surface area contributed by atoms with Crippen molar-refractivity contribution in [3.8, 4) is 11.3 Å². The van der Waals surface area contributed by atoms with E-state index in [1.54, 1.807) is 25.4 Å². The molecule has 1 aliphatic heterocycles. The molecule has 8 nitrogen and oxygen atoms in total. The summed E-state index contributed by atoms with van der Waals surface area (Å²) in [5.41, 5.74) is 9.96. The summed E-state index contributed by atoms with van der Waals surface area (Å²) < 4.78 is 0. The molecule has 8 heteroatoms. The van der Waals surface area contributed by atoms with Gasteiger partial charge >= 0.3 is 0 Å². The molecule has 0 saturated carbocycles. The third kappa shape index (κ3) is 3.72. The number of benzene rings is 1. The second kappa shape index (κ2) is 7.65. The molecule has 3 heterocycles. The molecule has 29 heavy (non-hydrogen) atoms. The first-order valence-corrected chi connectivity index (χ1v) is 9.59. The number of nitrogens with one attached hydrogen (secondary N) is 5. The van der Waals surface area contributed by atoms with E-state index < -0.39 is 0 Å². The molecule has 1 aliphatic rings. The van der Waals surface area contributed by atoms with Crippen molar-refractivity contribution in [3.63, 3.8) is 0 Å². The molecule has 1 aromatic carbocycles. The van der Waals surface area contributed by atoms with Crippen LogP contribution in [-0.2, 0) is 4.79 Å². The molecule has 0 radical (unpaired) electrons. The first kappa shape index (κ1) is 19.1. The number of hydrogen-bond donors (Lipinski definition) is 5. The molecule has 3 aromatic rings. The zero-order valence-electron chi connectivity index (χ0n) is 16.5. The topological polar surface area (TPSA) is 111 Å². The Balaban J connectivity index is 1.53. The van der Waals surface area contributed by atoms with Gasteiger partial charge in [-0.3, -0.25) is 15.0 Å². The highest BCUT2D eigenvalue weighted by atomic mass is 16.2. The number of anilines is 1. The minimum atomic E-state index is -0.290. The molecule has 1 fully saturated rings. The van der Waals surface area contributed by atoms with Crippen LogP contribution in [0.15, 0.2) is 42.6 Å². The summed E-state index contributed by atoms with van der Waals surface area (Å²) >= 11 is 0. The van der Waals surface area contributed by atoms with Crippen molar-refractivity contribution in [3.05, 3.63) is 48.2 Å². The van der Waals surface area contributed by atoms with E-state index in [4.69, 9.17) is 0 Å². The molecule has 5 N–H and O–H groups in total. The van der Waals surface area contributed by atoms with Gasteiger partial charge in [0.15, 0.2) is 0 Å². The van der Waals surface area contributed by atoms with Crippen LogP contribution in [0.5, 0.6) is 0 Å². The minimum Gasteiger partial charge on any atom is -0.355 e. The van der Waals surface area contributed by atoms with Crippen LogP contribution >= 0.6 is 0 Å². The summed E-state index contributed by atoms with van der Waals surface area (Å²) in [7, 11) is 1.61. The Bertz CT molecular complexity index is 1060. The zero-order valence-corrected chi connectivity index (χ0v) is 16.5. The lowest BCUT2D eigenvalue weighted by Crippen LogP contribution is -2.41. The SMILES string of the molecule is CNC(=O)c1ccc(-c2cc3cc(NC(=O)C4NNC(C)C4C)cnc3[nH]2)cc1. The molecular weight excluding hydrogens is 368 g/mol. The van der Waals surface area contributed by atoms with Crippen molar-refractivity contribution in [1.82, 2.24) is 26.1 Å². The standard InChI is InChI=1S/C21H24N6O2/c1-11-12(2)26-27-18(11)21(29)24-16-8-15-9-17(25-19(15)23-10-16)13-4-6-14(7-5-13)20(28)22-3/h4-12,18,26-27H,1-3H3,(H,22,28)(H,23,25)(H,24,29). The smallest absolute Gasteiger partial charge is 0.251 e. The number of rotatable bonds is 4. The van der Waals surface area contributed by atoms with Crippen molar-refractivity contribution in [2.24, 2.45) is 5.92 Å². The summed E-state index contributed by atoms with van der Waals surface area (Å²) in [6, 6.07) is 11.2. The van der Waals surface area contributed by atoms with Crippen LogP contribution in [0, 0.1) is 5.92 Å². The minimum absolute atomic E-state index is 0.0870. The van der Waals surface area contributed by atoms with Gasteiger partial charge in [-0.15, -0.1) is 0 Å². The van der Waals surface area contributed by atoms with Gasteiger partial charge in [0.25, 0.3) is 5.91 Å². The molecule has 2 amide bonds. The summed E-state index contributed by atoms with van der Waals surface area (Å²) in [5.74, 6) is -0.0229. The molecule has 4 rings (SSSR count). The van der Waals surface area contributed by atoms with E-state index in [0.29, 0.717) is 11.3 Å². The first-order chi connectivity index (χ1) is 14.0. The molecule has 3 atom stereocenters. The summed E-state index contributed by atoms with van der Waals surface area (Å²) in [6.07, 6.45) is 1.64. The van der Waals surface area contributed by atoms with E-state index in [9.17, 15) is 9.59 Å². The van der Waals surface area contributed by atoms with Gasteiger partial charge < -0.3 is 15.6 Å². The highest BCUT2D eigenvalue weighted by Crippen LogP contribution is 2.25. The quantitative estimate of drug-likeness (QED) is 0.467. The number of pyridine rings is 1. The Hall–Kier alpha value is -3.23. The number of carbonyl (C=O) groups excluding carboxylic acids is 2. The van der Waals surface area contributed by atoms with E-state index in [1.807, 2.05) is 38.1 Å². The van der Waals surface area contributed by atoms with Crippen molar-refractivity contribution in [2.75, 3.05) is 12.4 Å². The summed E-state index contributed by atoms with van der Waals surface area (Å²) in [4.78, 5) is 32.0. The fourth-order valence-electron chi connectivity index (χ4n) is 3.48. The number of nitrogens with zero attached hydrogens (tertiary/aromatic N) is 1. The highest BCUT2D eigenvalue weighted by molar-refractivity contribution is 5.97. The molecule has 0 spiro atoms. The average Bonchev–Trinajstić information content (AvgIpc) is 3.30. The van der Waals surface area contributed by atoms with E-state index in [1.165, 1.54) is 0 Å². The van der Waals surface area contributed by atoms with Gasteiger partial charge in [0.2, 0.25) is 5.91 Å². The van der Waals surface area contributed by atoms with Crippen LogP contribution in [0.1, 0.15) is 24.2 Å². The van der Waals surface area contributed by atoms with Crippen LogP contribution in [0.3, 0.4) is 0 Å². The Morgan fingerprint density at radius 2 is 1.83 bits per heavy atom. The third-order valence-corrected chi connectivity index (χ3v) is 5.49. The number of aromatic amines is 1. The van der Waals surface area contributed by atoms with Gasteiger partial charge in [0, 0.05) is 29.7 Å². The molecule has 0 aliphatic carbocycles. The number of fused-ring (bicyclic) bond motifs is 1. The second-order valence-electron chi connectivity index (χ2n) is 7.40. The predicted molar refractivity (Wildman–Crippen MR) is 112 cm³/mol. The molecular formula is C21H24N6O2. The Morgan fingerprint density at radius 1 is 1.07 bits per heavy atom. The maximum absolute atomic E-state index is 12.6. The largest absolute Gasteiger partial charge is 0.355 e. The lowest BCUT2D eigenvalue weighted by molar-refractivity contribution is -0.118. The number of hydrazine groups is 1. The number of H-pyrrole nitrogens is 1. The van der Waals surface area contributed by atoms with Crippen LogP contribution in [0.25, 0.3) is 22.3 Å².